The van der Waals surface area contributed by atoms with Crippen LogP contribution in [0.25, 0.3) is 0 Å². The van der Waals surface area contributed by atoms with Crippen molar-refractivity contribution >= 4 is 22.1 Å². The molecule has 0 radical (unpaired) electrons. The number of unbranched alkanes of at least 4 members (excludes halogenated alkanes) is 8. The molecule has 0 aromatic rings. The SMILES string of the molecule is CC/C=C/C/C=C/C/C=C/C/C=C/C/C=C/C/C=C/CCC(=O)O[C@H](COC(=O)CCCCCCC/C=C/C/C=C/CCCCC)CO[C@H]1O[C@H](CS(=O)(=O)O)[C@@H](O)C(O)C1O. The number of ether oxygens (including phenoxy) is 4. The number of aliphatic hydroxyl groups excluding tert-OH is 3. The smallest absolute Gasteiger partial charge is 0.306 e. The van der Waals surface area contributed by atoms with Crippen LogP contribution in [0.3, 0.4) is 0 Å². The van der Waals surface area contributed by atoms with Gasteiger partial charge >= 0.3 is 11.9 Å². The predicted molar refractivity (Wildman–Crippen MR) is 247 cm³/mol. The Morgan fingerprint density at radius 3 is 1.58 bits per heavy atom. The van der Waals surface area contributed by atoms with Crippen LogP contribution in [0.15, 0.2) is 97.2 Å². The zero-order valence-electron chi connectivity index (χ0n) is 37.4. The summed E-state index contributed by atoms with van der Waals surface area (Å²) >= 11 is 0. The van der Waals surface area contributed by atoms with Crippen LogP contribution in [0.4, 0.5) is 0 Å². The zero-order chi connectivity index (χ0) is 45.5. The number of esters is 2. The fraction of sp³-hybridized carbons (Fsp3) is 0.633. The van der Waals surface area contributed by atoms with Crippen molar-refractivity contribution in [3.05, 3.63) is 97.2 Å². The van der Waals surface area contributed by atoms with Gasteiger partial charge in [-0.2, -0.15) is 8.42 Å². The van der Waals surface area contributed by atoms with Gasteiger partial charge in [-0.1, -0.05) is 143 Å². The Balaban J connectivity index is 2.53. The third-order valence-electron chi connectivity index (χ3n) is 9.66. The van der Waals surface area contributed by atoms with E-state index >= 15 is 0 Å². The van der Waals surface area contributed by atoms with E-state index in [-0.39, 0.29) is 19.4 Å². The van der Waals surface area contributed by atoms with Crippen molar-refractivity contribution in [3.8, 4) is 0 Å². The molecule has 1 aliphatic heterocycles. The second-order valence-corrected chi connectivity index (χ2v) is 16.8. The van der Waals surface area contributed by atoms with Gasteiger partial charge in [-0.25, -0.2) is 0 Å². The minimum absolute atomic E-state index is 0.0302. The van der Waals surface area contributed by atoms with Gasteiger partial charge in [0.15, 0.2) is 12.4 Å². The topological polar surface area (TPSA) is 186 Å². The normalized spacial score (nSPS) is 20.8. The lowest BCUT2D eigenvalue weighted by Crippen LogP contribution is -2.60. The molecule has 1 rings (SSSR count). The molecule has 1 heterocycles. The van der Waals surface area contributed by atoms with Crippen molar-refractivity contribution in [2.24, 2.45) is 0 Å². The van der Waals surface area contributed by atoms with E-state index in [1.807, 2.05) is 18.2 Å². The average molecular weight is 891 g/mol. The number of hydrogen-bond acceptors (Lipinski definition) is 11. The number of rotatable bonds is 36. The number of hydrogen-bond donors (Lipinski definition) is 4. The van der Waals surface area contributed by atoms with E-state index in [0.717, 1.165) is 77.0 Å². The Kier molecular flexibility index (Phi) is 34.7. The highest BCUT2D eigenvalue weighted by Crippen LogP contribution is 2.24. The van der Waals surface area contributed by atoms with Crippen LogP contribution in [0.2, 0.25) is 0 Å². The van der Waals surface area contributed by atoms with E-state index in [0.29, 0.717) is 19.3 Å². The Bertz CT molecular complexity index is 1510. The molecule has 0 aliphatic carbocycles. The third-order valence-corrected chi connectivity index (χ3v) is 10.4. The summed E-state index contributed by atoms with van der Waals surface area (Å²) in [5.41, 5.74) is 0. The second-order valence-electron chi connectivity index (χ2n) is 15.3. The molecule has 13 heteroatoms. The maximum atomic E-state index is 12.8. The lowest BCUT2D eigenvalue weighted by molar-refractivity contribution is -0.297. The van der Waals surface area contributed by atoms with Crippen molar-refractivity contribution in [3.63, 3.8) is 0 Å². The summed E-state index contributed by atoms with van der Waals surface area (Å²) in [7, 11) is -4.62. The van der Waals surface area contributed by atoms with E-state index in [9.17, 15) is 37.9 Å². The van der Waals surface area contributed by atoms with Crippen LogP contribution < -0.4 is 0 Å². The highest BCUT2D eigenvalue weighted by atomic mass is 32.2. The van der Waals surface area contributed by atoms with Gasteiger partial charge in [-0.05, 0) is 83.5 Å². The summed E-state index contributed by atoms with van der Waals surface area (Å²) in [4.78, 5) is 25.4. The number of aliphatic hydroxyl groups is 3. The first-order chi connectivity index (χ1) is 30.0. The van der Waals surface area contributed by atoms with Crippen molar-refractivity contribution in [1.82, 2.24) is 0 Å². The molecule has 1 saturated heterocycles. The van der Waals surface area contributed by atoms with E-state index < -0.39 is 71.2 Å². The van der Waals surface area contributed by atoms with Gasteiger partial charge in [0, 0.05) is 12.8 Å². The number of carbonyl (C=O) groups excluding carboxylic acids is 2. The monoisotopic (exact) mass is 891 g/mol. The van der Waals surface area contributed by atoms with Gasteiger partial charge in [0.05, 0.1) is 6.61 Å². The first-order valence-corrected chi connectivity index (χ1v) is 24.4. The maximum Gasteiger partial charge on any atom is 0.306 e. The maximum absolute atomic E-state index is 12.8. The molecular formula is C49H78O12S. The standard InChI is InChI=1S/C49H78O12S/c1-3-5-7-9-11-13-15-17-19-20-21-22-24-26-28-30-32-34-36-38-45(51)60-42(40-59-49-48(54)47(53)46(52)43(61-49)41-62(55,56)57)39-58-44(50)37-35-33-31-29-27-25-23-18-16-14-12-10-8-6-4-2/h5,7,11-14,17-19,21-23,26,28,32,34,42-43,46-49,52-54H,3-4,6,8-10,15-16,20,24-25,27,29-31,33,35-41H2,1-2H3,(H,55,56,57)/b7-5+,13-11+,14-12+,19-17+,22-21+,23-18+,28-26+,34-32+/t42-,43-,46-,47?,48?,49+/m1/s1. The van der Waals surface area contributed by atoms with Crippen molar-refractivity contribution in [1.29, 1.82) is 0 Å². The van der Waals surface area contributed by atoms with Gasteiger partial charge in [-0.3, -0.25) is 14.1 Å². The highest BCUT2D eigenvalue weighted by Gasteiger charge is 2.46. The summed E-state index contributed by atoms with van der Waals surface area (Å²) in [6, 6.07) is 0. The minimum Gasteiger partial charge on any atom is -0.462 e. The molecule has 0 spiro atoms. The molecule has 62 heavy (non-hydrogen) atoms. The molecule has 0 saturated carbocycles. The molecule has 6 atom stereocenters. The molecule has 1 fully saturated rings. The summed E-state index contributed by atoms with van der Waals surface area (Å²) < 4.78 is 54.0. The third kappa shape index (κ3) is 32.3. The Hall–Kier alpha value is -3.43. The molecule has 1 aliphatic rings. The van der Waals surface area contributed by atoms with Gasteiger partial charge in [0.2, 0.25) is 0 Å². The average Bonchev–Trinajstić information content (AvgIpc) is 3.24. The fourth-order valence-electron chi connectivity index (χ4n) is 6.14. The van der Waals surface area contributed by atoms with E-state index in [2.05, 4.69) is 92.8 Å². The van der Waals surface area contributed by atoms with Gasteiger partial charge in [-0.15, -0.1) is 0 Å². The Labute approximate surface area is 373 Å². The van der Waals surface area contributed by atoms with Gasteiger partial charge < -0.3 is 34.3 Å². The molecule has 0 aromatic carbocycles. The first-order valence-electron chi connectivity index (χ1n) is 22.8. The summed E-state index contributed by atoms with van der Waals surface area (Å²) in [5, 5.41) is 30.9. The van der Waals surface area contributed by atoms with Crippen LogP contribution >= 0.6 is 0 Å². The summed E-state index contributed by atoms with van der Waals surface area (Å²) in [5.74, 6) is -2.13. The molecule has 0 aromatic heterocycles. The van der Waals surface area contributed by atoms with Gasteiger partial charge in [0.25, 0.3) is 10.1 Å². The summed E-state index contributed by atoms with van der Waals surface area (Å²) in [6.07, 6.45) is 41.7. The molecule has 0 bridgehead atoms. The van der Waals surface area contributed by atoms with Crippen molar-refractivity contribution in [2.75, 3.05) is 19.0 Å². The largest absolute Gasteiger partial charge is 0.462 e. The zero-order valence-corrected chi connectivity index (χ0v) is 38.2. The quantitative estimate of drug-likeness (QED) is 0.0202. The minimum atomic E-state index is -4.62. The van der Waals surface area contributed by atoms with Crippen LogP contribution in [0.1, 0.15) is 142 Å². The number of carbonyl (C=O) groups is 2. The molecule has 352 valence electrons. The van der Waals surface area contributed by atoms with E-state index in [1.165, 1.54) is 19.3 Å². The summed E-state index contributed by atoms with van der Waals surface area (Å²) in [6.45, 7) is 3.53. The molecule has 0 amide bonds. The molecule has 12 nitrogen and oxygen atoms in total. The molecule has 2 unspecified atom stereocenters. The van der Waals surface area contributed by atoms with Crippen molar-refractivity contribution in [2.45, 2.75) is 179 Å². The number of allylic oxidation sites excluding steroid dienone is 16. The Morgan fingerprint density at radius 1 is 0.565 bits per heavy atom. The lowest BCUT2D eigenvalue weighted by atomic mass is 10.00. The van der Waals surface area contributed by atoms with Crippen molar-refractivity contribution < 1.29 is 56.8 Å². The van der Waals surface area contributed by atoms with E-state index in [4.69, 9.17) is 18.9 Å². The first kappa shape index (κ1) is 56.6. The lowest BCUT2D eigenvalue weighted by Gasteiger charge is -2.40. The van der Waals surface area contributed by atoms with Crippen LogP contribution in [-0.4, -0.2) is 96.0 Å². The van der Waals surface area contributed by atoms with Crippen LogP contribution in [0.5, 0.6) is 0 Å². The second kappa shape index (κ2) is 38.1. The predicted octanol–water partition coefficient (Wildman–Crippen LogP) is 9.44. The molecule has 4 N–H and O–H groups in total. The van der Waals surface area contributed by atoms with Crippen LogP contribution in [0, 0.1) is 0 Å². The highest BCUT2D eigenvalue weighted by molar-refractivity contribution is 7.85. The van der Waals surface area contributed by atoms with Gasteiger partial charge in [0.1, 0.15) is 36.8 Å². The van der Waals surface area contributed by atoms with E-state index in [1.54, 1.807) is 0 Å². The molecular weight excluding hydrogens is 813 g/mol. The Morgan fingerprint density at radius 2 is 1.05 bits per heavy atom. The fourth-order valence-corrected chi connectivity index (χ4v) is 6.83. The van der Waals surface area contributed by atoms with Crippen LogP contribution in [-0.2, 0) is 38.7 Å².